The summed E-state index contributed by atoms with van der Waals surface area (Å²) in [6.07, 6.45) is -0.223. The van der Waals surface area contributed by atoms with Gasteiger partial charge in [0.1, 0.15) is 0 Å². The van der Waals surface area contributed by atoms with Crippen molar-refractivity contribution >= 4 is 23.2 Å². The molecule has 0 aliphatic rings. The number of carboxylic acids is 1. The zero-order valence-corrected chi connectivity index (χ0v) is 12.3. The van der Waals surface area contributed by atoms with Crippen LogP contribution >= 0.6 is 11.3 Å². The number of nitrogens with zero attached hydrogens (tertiary/aromatic N) is 1. The van der Waals surface area contributed by atoms with Gasteiger partial charge in [-0.25, -0.2) is 8.78 Å². The second-order valence-electron chi connectivity index (χ2n) is 4.63. The summed E-state index contributed by atoms with van der Waals surface area (Å²) in [6, 6.07) is 4.98. The Morgan fingerprint density at radius 2 is 1.95 bits per heavy atom. The highest BCUT2D eigenvalue weighted by atomic mass is 32.1. The Labute approximate surface area is 129 Å². The average molecular weight is 325 g/mol. The van der Waals surface area contributed by atoms with E-state index in [2.05, 4.69) is 0 Å². The molecule has 1 aromatic carbocycles. The number of carboxylic acid groups (broad SMARTS) is 1. The summed E-state index contributed by atoms with van der Waals surface area (Å²) >= 11 is 1.35. The van der Waals surface area contributed by atoms with Crippen molar-refractivity contribution in [3.05, 3.63) is 57.8 Å². The highest BCUT2D eigenvalue weighted by Crippen LogP contribution is 2.15. The number of carbonyl (C=O) groups excluding carboxylic acids is 1. The van der Waals surface area contributed by atoms with E-state index in [1.165, 1.54) is 22.3 Å². The van der Waals surface area contributed by atoms with E-state index in [-0.39, 0.29) is 25.4 Å². The molecular weight excluding hydrogens is 312 g/mol. The standard InChI is InChI=1S/C15H13F2NO3S/c16-12-2-1-10(7-13(12)17)8-18(5-3-14(19)20)15(21)11-4-6-22-9-11/h1-2,4,6-7,9H,3,5,8H2,(H,19,20). The number of thiophene rings is 1. The van der Waals surface area contributed by atoms with Gasteiger partial charge >= 0.3 is 5.97 Å². The van der Waals surface area contributed by atoms with Crippen molar-refractivity contribution in [1.29, 1.82) is 0 Å². The quantitative estimate of drug-likeness (QED) is 0.887. The van der Waals surface area contributed by atoms with Crippen LogP contribution in [0.3, 0.4) is 0 Å². The van der Waals surface area contributed by atoms with Crippen LogP contribution in [-0.2, 0) is 11.3 Å². The van der Waals surface area contributed by atoms with Gasteiger partial charge in [0, 0.05) is 18.5 Å². The zero-order chi connectivity index (χ0) is 16.1. The van der Waals surface area contributed by atoms with Crippen LogP contribution in [0.15, 0.2) is 35.0 Å². The van der Waals surface area contributed by atoms with E-state index >= 15 is 0 Å². The van der Waals surface area contributed by atoms with Crippen molar-refractivity contribution < 1.29 is 23.5 Å². The van der Waals surface area contributed by atoms with E-state index in [1.54, 1.807) is 16.8 Å². The van der Waals surface area contributed by atoms with Crippen molar-refractivity contribution in [3.8, 4) is 0 Å². The average Bonchev–Trinajstić information content (AvgIpc) is 3.00. The minimum absolute atomic E-state index is 0.0109. The van der Waals surface area contributed by atoms with Gasteiger partial charge in [-0.05, 0) is 29.1 Å². The highest BCUT2D eigenvalue weighted by molar-refractivity contribution is 7.08. The van der Waals surface area contributed by atoms with Crippen LogP contribution in [0.4, 0.5) is 8.78 Å². The molecule has 1 heterocycles. The molecule has 116 valence electrons. The van der Waals surface area contributed by atoms with E-state index in [9.17, 15) is 18.4 Å². The molecule has 0 bridgehead atoms. The first-order chi connectivity index (χ1) is 10.5. The monoisotopic (exact) mass is 325 g/mol. The smallest absolute Gasteiger partial charge is 0.305 e. The van der Waals surface area contributed by atoms with Crippen LogP contribution in [0.25, 0.3) is 0 Å². The molecule has 0 spiro atoms. The molecule has 2 rings (SSSR count). The molecule has 0 saturated carbocycles. The third-order valence-corrected chi connectivity index (χ3v) is 3.69. The second kappa shape index (κ2) is 7.13. The lowest BCUT2D eigenvalue weighted by molar-refractivity contribution is -0.137. The Morgan fingerprint density at radius 1 is 1.18 bits per heavy atom. The SMILES string of the molecule is O=C(O)CCN(Cc1ccc(F)c(F)c1)C(=O)c1ccsc1. The Balaban J connectivity index is 2.18. The third kappa shape index (κ3) is 4.11. The van der Waals surface area contributed by atoms with Gasteiger partial charge in [-0.3, -0.25) is 9.59 Å². The third-order valence-electron chi connectivity index (χ3n) is 3.01. The maximum atomic E-state index is 13.2. The van der Waals surface area contributed by atoms with Crippen LogP contribution < -0.4 is 0 Å². The van der Waals surface area contributed by atoms with Gasteiger partial charge in [0.05, 0.1) is 12.0 Å². The molecule has 1 N–H and O–H groups in total. The molecule has 22 heavy (non-hydrogen) atoms. The summed E-state index contributed by atoms with van der Waals surface area (Å²) in [5.74, 6) is -3.34. The molecule has 0 aliphatic carbocycles. The predicted octanol–water partition coefficient (Wildman–Crippen LogP) is 3.14. The molecule has 4 nitrogen and oxygen atoms in total. The minimum atomic E-state index is -1.03. The predicted molar refractivity (Wildman–Crippen MR) is 77.7 cm³/mol. The molecule has 0 unspecified atom stereocenters. The number of amides is 1. The lowest BCUT2D eigenvalue weighted by Crippen LogP contribution is -2.32. The molecule has 1 amide bonds. The van der Waals surface area contributed by atoms with E-state index < -0.39 is 17.6 Å². The van der Waals surface area contributed by atoms with Crippen molar-refractivity contribution in [2.75, 3.05) is 6.54 Å². The van der Waals surface area contributed by atoms with E-state index in [0.29, 0.717) is 11.1 Å². The topological polar surface area (TPSA) is 57.6 Å². The summed E-state index contributed by atoms with van der Waals surface area (Å²) in [5.41, 5.74) is 0.839. The normalized spacial score (nSPS) is 10.5. The Morgan fingerprint density at radius 3 is 2.55 bits per heavy atom. The Kier molecular flexibility index (Phi) is 5.21. The lowest BCUT2D eigenvalue weighted by atomic mass is 10.1. The summed E-state index contributed by atoms with van der Waals surface area (Å²) in [5, 5.41) is 12.2. The molecule has 7 heteroatoms. The Bertz CT molecular complexity index is 673. The van der Waals surface area contributed by atoms with Crippen LogP contribution in [0.1, 0.15) is 22.3 Å². The summed E-state index contributed by atoms with van der Waals surface area (Å²) in [4.78, 5) is 24.4. The van der Waals surface area contributed by atoms with Gasteiger partial charge < -0.3 is 10.0 Å². The van der Waals surface area contributed by atoms with Crippen molar-refractivity contribution in [1.82, 2.24) is 4.90 Å². The van der Waals surface area contributed by atoms with Gasteiger partial charge in [-0.1, -0.05) is 6.07 Å². The van der Waals surface area contributed by atoms with E-state index in [4.69, 9.17) is 5.11 Å². The molecule has 0 aliphatic heterocycles. The summed E-state index contributed by atoms with van der Waals surface area (Å²) in [7, 11) is 0. The first-order valence-electron chi connectivity index (χ1n) is 6.44. The first kappa shape index (κ1) is 16.1. The van der Waals surface area contributed by atoms with Crippen molar-refractivity contribution in [2.24, 2.45) is 0 Å². The molecular formula is C15H13F2NO3S. The molecule has 0 saturated heterocycles. The van der Waals surface area contributed by atoms with Crippen LogP contribution in [0.2, 0.25) is 0 Å². The Hall–Kier alpha value is -2.28. The van der Waals surface area contributed by atoms with Crippen LogP contribution in [-0.4, -0.2) is 28.4 Å². The number of hydrogen-bond donors (Lipinski definition) is 1. The number of carbonyl (C=O) groups is 2. The van der Waals surface area contributed by atoms with E-state index in [1.807, 2.05) is 0 Å². The maximum Gasteiger partial charge on any atom is 0.305 e. The maximum absolute atomic E-state index is 13.2. The van der Waals surface area contributed by atoms with Crippen LogP contribution in [0.5, 0.6) is 0 Å². The van der Waals surface area contributed by atoms with Gasteiger partial charge in [0.2, 0.25) is 0 Å². The largest absolute Gasteiger partial charge is 0.481 e. The van der Waals surface area contributed by atoms with E-state index in [0.717, 1.165) is 12.1 Å². The number of aliphatic carboxylic acids is 1. The van der Waals surface area contributed by atoms with Crippen LogP contribution in [0, 0.1) is 11.6 Å². The second-order valence-corrected chi connectivity index (χ2v) is 5.41. The zero-order valence-electron chi connectivity index (χ0n) is 11.5. The molecule has 1 aromatic heterocycles. The summed E-state index contributed by atoms with van der Waals surface area (Å²) in [6.45, 7) is 0.00215. The lowest BCUT2D eigenvalue weighted by Gasteiger charge is -2.21. The van der Waals surface area contributed by atoms with Gasteiger partial charge in [-0.15, -0.1) is 0 Å². The fourth-order valence-corrected chi connectivity index (χ4v) is 2.54. The van der Waals surface area contributed by atoms with Crippen molar-refractivity contribution in [2.45, 2.75) is 13.0 Å². The number of halogens is 2. The number of hydrogen-bond acceptors (Lipinski definition) is 3. The molecule has 0 radical (unpaired) electrons. The van der Waals surface area contributed by atoms with Gasteiger partial charge in [0.25, 0.3) is 5.91 Å². The minimum Gasteiger partial charge on any atom is -0.481 e. The van der Waals surface area contributed by atoms with Gasteiger partial charge in [-0.2, -0.15) is 11.3 Å². The van der Waals surface area contributed by atoms with Gasteiger partial charge in [0.15, 0.2) is 11.6 Å². The summed E-state index contributed by atoms with van der Waals surface area (Å²) < 4.78 is 26.2. The number of benzene rings is 1. The fraction of sp³-hybridized carbons (Fsp3) is 0.200. The first-order valence-corrected chi connectivity index (χ1v) is 7.39. The molecule has 0 fully saturated rings. The van der Waals surface area contributed by atoms with Crippen molar-refractivity contribution in [3.63, 3.8) is 0 Å². The molecule has 0 atom stereocenters. The highest BCUT2D eigenvalue weighted by Gasteiger charge is 2.18. The fourth-order valence-electron chi connectivity index (χ4n) is 1.91. The number of rotatable bonds is 6. The molecule has 2 aromatic rings.